The van der Waals surface area contributed by atoms with Crippen molar-refractivity contribution in [3.8, 4) is 5.75 Å². The Bertz CT molecular complexity index is 825. The van der Waals surface area contributed by atoms with Crippen molar-refractivity contribution in [3.05, 3.63) is 52.8 Å². The first-order chi connectivity index (χ1) is 11.4. The number of hydrogen-bond donors (Lipinski definition) is 2. The largest absolute Gasteiger partial charge is 0.480 e. The maximum atomic E-state index is 13.6. The Balaban J connectivity index is 1.71. The lowest BCUT2D eigenvalue weighted by Crippen LogP contribution is -2.31. The summed E-state index contributed by atoms with van der Waals surface area (Å²) in [6.07, 6.45) is -0.283. The van der Waals surface area contributed by atoms with Crippen LogP contribution in [0.2, 0.25) is 5.02 Å². The summed E-state index contributed by atoms with van der Waals surface area (Å²) in [4.78, 5) is 23.4. The fourth-order valence-electron chi connectivity index (χ4n) is 2.47. The second kappa shape index (κ2) is 6.49. The second-order valence-electron chi connectivity index (χ2n) is 5.43. The Hall–Kier alpha value is -2.60. The highest BCUT2D eigenvalue weighted by molar-refractivity contribution is 6.30. The topological polar surface area (TPSA) is 67.4 Å². The van der Waals surface area contributed by atoms with Gasteiger partial charge in [0.1, 0.15) is 11.6 Å². The summed E-state index contributed by atoms with van der Waals surface area (Å²) >= 11 is 5.93. The molecule has 0 unspecified atom stereocenters. The number of benzene rings is 2. The van der Waals surface area contributed by atoms with E-state index >= 15 is 0 Å². The molecule has 0 fully saturated rings. The number of ether oxygens (including phenoxy) is 1. The van der Waals surface area contributed by atoms with Crippen LogP contribution in [-0.4, -0.2) is 17.9 Å². The Morgan fingerprint density at radius 3 is 2.75 bits per heavy atom. The minimum Gasteiger partial charge on any atom is -0.480 e. The van der Waals surface area contributed by atoms with Crippen LogP contribution < -0.4 is 15.4 Å². The molecular weight excluding hydrogens is 335 g/mol. The third-order valence-corrected chi connectivity index (χ3v) is 3.77. The van der Waals surface area contributed by atoms with Crippen LogP contribution in [0.15, 0.2) is 36.4 Å². The van der Waals surface area contributed by atoms with Gasteiger partial charge in [-0.2, -0.15) is 0 Å². The van der Waals surface area contributed by atoms with Crippen LogP contribution in [0.4, 0.5) is 15.8 Å². The van der Waals surface area contributed by atoms with E-state index in [4.69, 9.17) is 16.3 Å². The lowest BCUT2D eigenvalue weighted by molar-refractivity contribution is -0.122. The Morgan fingerprint density at radius 2 is 2.00 bits per heavy atom. The molecule has 2 amide bonds. The number of rotatable bonds is 3. The van der Waals surface area contributed by atoms with Crippen LogP contribution in [0.1, 0.15) is 12.5 Å². The number of nitrogens with one attached hydrogen (secondary N) is 2. The van der Waals surface area contributed by atoms with Gasteiger partial charge in [-0.25, -0.2) is 4.39 Å². The molecule has 3 rings (SSSR count). The predicted octanol–water partition coefficient (Wildman–Crippen LogP) is 3.38. The van der Waals surface area contributed by atoms with Crippen LogP contribution in [0, 0.1) is 5.82 Å². The second-order valence-corrected chi connectivity index (χ2v) is 5.86. The Kier molecular flexibility index (Phi) is 4.40. The lowest BCUT2D eigenvalue weighted by atomic mass is 10.1. The van der Waals surface area contributed by atoms with Crippen molar-refractivity contribution >= 4 is 34.8 Å². The summed E-state index contributed by atoms with van der Waals surface area (Å²) in [7, 11) is 0. The van der Waals surface area contributed by atoms with Gasteiger partial charge in [-0.1, -0.05) is 11.6 Å². The van der Waals surface area contributed by atoms with Gasteiger partial charge in [0.25, 0.3) is 5.91 Å². The molecule has 0 saturated carbocycles. The molecule has 1 heterocycles. The fraction of sp³-hybridized carbons (Fsp3) is 0.176. The number of carbonyl (C=O) groups excluding carboxylic acids is 2. The minimum atomic E-state index is -0.687. The van der Waals surface area contributed by atoms with Gasteiger partial charge in [0.2, 0.25) is 5.91 Å². The van der Waals surface area contributed by atoms with Crippen LogP contribution in [0.5, 0.6) is 5.75 Å². The zero-order valence-electron chi connectivity index (χ0n) is 12.7. The average molecular weight is 349 g/mol. The zero-order chi connectivity index (χ0) is 17.3. The molecule has 1 aliphatic heterocycles. The summed E-state index contributed by atoms with van der Waals surface area (Å²) in [6.45, 7) is 1.28. The molecule has 1 atom stereocenters. The number of fused-ring (bicyclic) bond motifs is 1. The summed E-state index contributed by atoms with van der Waals surface area (Å²) in [6, 6.07) is 9.12. The molecule has 124 valence electrons. The van der Waals surface area contributed by atoms with E-state index in [9.17, 15) is 14.0 Å². The monoisotopic (exact) mass is 348 g/mol. The van der Waals surface area contributed by atoms with E-state index in [2.05, 4.69) is 10.6 Å². The Morgan fingerprint density at radius 1 is 1.21 bits per heavy atom. The van der Waals surface area contributed by atoms with Crippen molar-refractivity contribution in [2.75, 3.05) is 10.6 Å². The first-order valence-corrected chi connectivity index (χ1v) is 7.63. The van der Waals surface area contributed by atoms with Crippen molar-refractivity contribution in [2.45, 2.75) is 19.4 Å². The number of amides is 2. The van der Waals surface area contributed by atoms with Gasteiger partial charge < -0.3 is 15.4 Å². The van der Waals surface area contributed by atoms with Crippen molar-refractivity contribution < 1.29 is 18.7 Å². The molecule has 2 N–H and O–H groups in total. The molecule has 1 aliphatic rings. The van der Waals surface area contributed by atoms with Gasteiger partial charge in [-0.15, -0.1) is 0 Å². The van der Waals surface area contributed by atoms with E-state index in [0.29, 0.717) is 22.9 Å². The summed E-state index contributed by atoms with van der Waals surface area (Å²) < 4.78 is 19.2. The predicted molar refractivity (Wildman–Crippen MR) is 88.9 cm³/mol. The molecule has 7 heteroatoms. The third-order valence-electron chi connectivity index (χ3n) is 3.53. The molecule has 2 aromatic carbocycles. The van der Waals surface area contributed by atoms with Crippen LogP contribution >= 0.6 is 11.6 Å². The highest BCUT2D eigenvalue weighted by Gasteiger charge is 2.29. The molecule has 5 nitrogen and oxygen atoms in total. The standard InChI is InChI=1S/C17H14ClFN2O3/c1-9(22)20-14-8-12(3-4-13(14)19)21-17(23)16-7-10-6-11(18)2-5-15(10)24-16/h2-6,8,16H,7H2,1H3,(H,20,22)(H,21,23)/t16-/m1/s1. The van der Waals surface area contributed by atoms with E-state index in [1.165, 1.54) is 25.1 Å². The Labute approximate surface area is 142 Å². The molecule has 2 aromatic rings. The summed E-state index contributed by atoms with van der Waals surface area (Å²) in [5.41, 5.74) is 1.23. The van der Waals surface area contributed by atoms with E-state index in [0.717, 1.165) is 5.56 Å². The lowest BCUT2D eigenvalue weighted by Gasteiger charge is -2.12. The fourth-order valence-corrected chi connectivity index (χ4v) is 2.67. The molecule has 0 aromatic heterocycles. The number of halogens is 2. The van der Waals surface area contributed by atoms with Gasteiger partial charge in [-0.05, 0) is 42.0 Å². The average Bonchev–Trinajstić information content (AvgIpc) is 2.93. The number of anilines is 2. The van der Waals surface area contributed by atoms with Crippen LogP contribution in [-0.2, 0) is 16.0 Å². The minimum absolute atomic E-state index is 0.00251. The van der Waals surface area contributed by atoms with E-state index in [1.807, 2.05) is 0 Å². The van der Waals surface area contributed by atoms with Gasteiger partial charge in [0.05, 0.1) is 5.69 Å². The SMILES string of the molecule is CC(=O)Nc1cc(NC(=O)[C@H]2Cc3cc(Cl)ccc3O2)ccc1F. The normalized spacial score (nSPS) is 15.4. The highest BCUT2D eigenvalue weighted by Crippen LogP contribution is 2.31. The maximum Gasteiger partial charge on any atom is 0.265 e. The van der Waals surface area contributed by atoms with E-state index in [1.54, 1.807) is 18.2 Å². The molecule has 0 spiro atoms. The summed E-state index contributed by atoms with van der Waals surface area (Å²) in [5, 5.41) is 5.61. The number of carbonyl (C=O) groups is 2. The third kappa shape index (κ3) is 3.49. The van der Waals surface area contributed by atoms with Crippen molar-refractivity contribution in [2.24, 2.45) is 0 Å². The first kappa shape index (κ1) is 16.3. The maximum absolute atomic E-state index is 13.6. The van der Waals surface area contributed by atoms with Crippen molar-refractivity contribution in [3.63, 3.8) is 0 Å². The molecule has 24 heavy (non-hydrogen) atoms. The molecule has 0 saturated heterocycles. The van der Waals surface area contributed by atoms with Gasteiger partial charge >= 0.3 is 0 Å². The highest BCUT2D eigenvalue weighted by atomic mass is 35.5. The molecular formula is C17H14ClFN2O3. The molecule has 0 radical (unpaired) electrons. The van der Waals surface area contributed by atoms with E-state index < -0.39 is 17.8 Å². The summed E-state index contributed by atoms with van der Waals surface area (Å²) in [5.74, 6) is -0.716. The van der Waals surface area contributed by atoms with E-state index in [-0.39, 0.29) is 11.6 Å². The van der Waals surface area contributed by atoms with Gasteiger partial charge in [0, 0.05) is 24.1 Å². The zero-order valence-corrected chi connectivity index (χ0v) is 13.5. The van der Waals surface area contributed by atoms with Crippen LogP contribution in [0.3, 0.4) is 0 Å². The van der Waals surface area contributed by atoms with Crippen molar-refractivity contribution in [1.82, 2.24) is 0 Å². The quantitative estimate of drug-likeness (QED) is 0.893. The number of hydrogen-bond acceptors (Lipinski definition) is 3. The molecule has 0 aliphatic carbocycles. The van der Waals surface area contributed by atoms with Gasteiger partial charge in [-0.3, -0.25) is 9.59 Å². The first-order valence-electron chi connectivity index (χ1n) is 7.25. The van der Waals surface area contributed by atoms with Gasteiger partial charge in [0.15, 0.2) is 6.10 Å². The van der Waals surface area contributed by atoms with Crippen LogP contribution in [0.25, 0.3) is 0 Å². The van der Waals surface area contributed by atoms with Crippen molar-refractivity contribution in [1.29, 1.82) is 0 Å². The molecule has 0 bridgehead atoms. The smallest absolute Gasteiger partial charge is 0.265 e.